The third kappa shape index (κ3) is 3.08. The van der Waals surface area contributed by atoms with E-state index in [0.717, 1.165) is 34.9 Å². The zero-order valence-electron chi connectivity index (χ0n) is 14.8. The minimum absolute atomic E-state index is 0.0586. The number of rotatable bonds is 4. The first-order valence-electron chi connectivity index (χ1n) is 9.02. The largest absolute Gasteiger partial charge is 0.480 e. The first-order chi connectivity index (χ1) is 12.6. The quantitative estimate of drug-likeness (QED) is 0.770. The molecule has 132 valence electrons. The molecule has 4 heteroatoms. The number of carboxylic acids is 1. The van der Waals surface area contributed by atoms with E-state index in [1.165, 1.54) is 5.56 Å². The molecule has 4 rings (SSSR count). The SMILES string of the molecule is Cc1ccc(C(c2ccc3cnccc3c2)N2CCCC2C(=O)O)cc1. The van der Waals surface area contributed by atoms with Crippen molar-refractivity contribution in [3.8, 4) is 0 Å². The molecule has 0 bridgehead atoms. The van der Waals surface area contributed by atoms with Crippen molar-refractivity contribution < 1.29 is 9.90 Å². The molecule has 26 heavy (non-hydrogen) atoms. The minimum atomic E-state index is -0.732. The Balaban J connectivity index is 1.83. The summed E-state index contributed by atoms with van der Waals surface area (Å²) >= 11 is 0. The molecular formula is C22H22N2O2. The molecule has 1 fully saturated rings. The van der Waals surface area contributed by atoms with Gasteiger partial charge in [0.2, 0.25) is 0 Å². The van der Waals surface area contributed by atoms with Crippen molar-refractivity contribution in [3.05, 3.63) is 77.6 Å². The number of hydrogen-bond acceptors (Lipinski definition) is 3. The van der Waals surface area contributed by atoms with Gasteiger partial charge in [0, 0.05) is 24.3 Å². The number of aryl methyl sites for hydroxylation is 1. The lowest BCUT2D eigenvalue weighted by molar-refractivity contribution is -0.142. The highest BCUT2D eigenvalue weighted by Gasteiger charge is 2.36. The van der Waals surface area contributed by atoms with E-state index in [9.17, 15) is 9.90 Å². The summed E-state index contributed by atoms with van der Waals surface area (Å²) in [6.45, 7) is 2.86. The lowest BCUT2D eigenvalue weighted by Gasteiger charge is -2.32. The zero-order valence-corrected chi connectivity index (χ0v) is 14.8. The van der Waals surface area contributed by atoms with Gasteiger partial charge in [0.05, 0.1) is 6.04 Å². The average Bonchev–Trinajstić information content (AvgIpc) is 3.13. The number of likely N-dealkylation sites (tertiary alicyclic amines) is 1. The van der Waals surface area contributed by atoms with E-state index in [4.69, 9.17) is 0 Å². The standard InChI is InChI=1S/C22H22N2O2/c1-15-4-6-16(7-5-15)21(24-12-2-3-20(24)22(25)26)18-8-9-19-14-23-11-10-17(19)13-18/h4-11,13-14,20-21H,2-3,12H2,1H3,(H,25,26). The van der Waals surface area contributed by atoms with Gasteiger partial charge in [-0.15, -0.1) is 0 Å². The summed E-state index contributed by atoms with van der Waals surface area (Å²) in [6, 6.07) is 16.3. The highest BCUT2D eigenvalue weighted by atomic mass is 16.4. The molecule has 2 unspecified atom stereocenters. The van der Waals surface area contributed by atoms with Crippen LogP contribution in [0.2, 0.25) is 0 Å². The van der Waals surface area contributed by atoms with Gasteiger partial charge in [-0.25, -0.2) is 0 Å². The highest BCUT2D eigenvalue weighted by molar-refractivity contribution is 5.82. The molecule has 0 spiro atoms. The smallest absolute Gasteiger partial charge is 0.320 e. The maximum Gasteiger partial charge on any atom is 0.320 e. The summed E-state index contributed by atoms with van der Waals surface area (Å²) in [4.78, 5) is 18.1. The average molecular weight is 346 g/mol. The molecule has 3 aromatic rings. The number of nitrogens with zero attached hydrogens (tertiary/aromatic N) is 2. The fraction of sp³-hybridized carbons (Fsp3) is 0.273. The van der Waals surface area contributed by atoms with Crippen LogP contribution in [0.15, 0.2) is 60.9 Å². The Bertz CT molecular complexity index is 936. The molecule has 2 heterocycles. The predicted octanol–water partition coefficient (Wildman–Crippen LogP) is 4.18. The maximum absolute atomic E-state index is 11.8. The molecule has 2 aromatic carbocycles. The Labute approximate surface area is 153 Å². The lowest BCUT2D eigenvalue weighted by atomic mass is 9.94. The fourth-order valence-electron chi connectivity index (χ4n) is 3.96. The summed E-state index contributed by atoms with van der Waals surface area (Å²) in [7, 11) is 0. The number of pyridine rings is 1. The Morgan fingerprint density at radius 3 is 2.65 bits per heavy atom. The van der Waals surface area contributed by atoms with Crippen LogP contribution in [0, 0.1) is 6.92 Å². The number of fused-ring (bicyclic) bond motifs is 1. The molecule has 0 radical (unpaired) electrons. The second-order valence-corrected chi connectivity index (χ2v) is 7.03. The van der Waals surface area contributed by atoms with E-state index >= 15 is 0 Å². The van der Waals surface area contributed by atoms with Gasteiger partial charge in [-0.2, -0.15) is 0 Å². The molecule has 0 amide bonds. The van der Waals surface area contributed by atoms with Crippen molar-refractivity contribution >= 4 is 16.7 Å². The molecule has 1 saturated heterocycles. The topological polar surface area (TPSA) is 53.4 Å². The Morgan fingerprint density at radius 1 is 1.12 bits per heavy atom. The van der Waals surface area contributed by atoms with Gasteiger partial charge < -0.3 is 5.11 Å². The molecule has 0 saturated carbocycles. The molecule has 1 N–H and O–H groups in total. The van der Waals surface area contributed by atoms with Gasteiger partial charge in [0.15, 0.2) is 0 Å². The van der Waals surface area contributed by atoms with Crippen molar-refractivity contribution in [1.29, 1.82) is 0 Å². The maximum atomic E-state index is 11.8. The molecule has 0 aliphatic carbocycles. The molecule has 2 atom stereocenters. The summed E-state index contributed by atoms with van der Waals surface area (Å²) in [6.07, 6.45) is 5.27. The van der Waals surface area contributed by atoms with Crippen molar-refractivity contribution in [2.45, 2.75) is 31.8 Å². The molecule has 1 aliphatic heterocycles. The number of aliphatic carboxylic acids is 1. The minimum Gasteiger partial charge on any atom is -0.480 e. The van der Waals surface area contributed by atoms with Crippen LogP contribution in [0.5, 0.6) is 0 Å². The van der Waals surface area contributed by atoms with Gasteiger partial charge in [0.1, 0.15) is 6.04 Å². The second kappa shape index (κ2) is 6.89. The Kier molecular flexibility index (Phi) is 4.43. The monoisotopic (exact) mass is 346 g/mol. The number of carboxylic acid groups (broad SMARTS) is 1. The summed E-state index contributed by atoms with van der Waals surface area (Å²) in [5, 5.41) is 11.9. The highest BCUT2D eigenvalue weighted by Crippen LogP contribution is 2.36. The van der Waals surface area contributed by atoms with E-state index in [2.05, 4.69) is 59.3 Å². The van der Waals surface area contributed by atoms with Crippen LogP contribution in [0.4, 0.5) is 0 Å². The van der Waals surface area contributed by atoms with E-state index in [0.29, 0.717) is 6.42 Å². The summed E-state index contributed by atoms with van der Waals surface area (Å²) in [5.74, 6) is -0.732. The van der Waals surface area contributed by atoms with Crippen LogP contribution < -0.4 is 0 Å². The first kappa shape index (κ1) is 16.7. The van der Waals surface area contributed by atoms with Crippen molar-refractivity contribution in [2.75, 3.05) is 6.54 Å². The van der Waals surface area contributed by atoms with E-state index in [1.54, 1.807) is 6.20 Å². The molecular weight excluding hydrogens is 324 g/mol. The predicted molar refractivity (Wildman–Crippen MR) is 102 cm³/mol. The Hall–Kier alpha value is -2.72. The molecule has 4 nitrogen and oxygen atoms in total. The summed E-state index contributed by atoms with van der Waals surface area (Å²) < 4.78 is 0. The van der Waals surface area contributed by atoms with Crippen LogP contribution in [0.1, 0.15) is 35.6 Å². The van der Waals surface area contributed by atoms with Crippen LogP contribution >= 0.6 is 0 Å². The van der Waals surface area contributed by atoms with Gasteiger partial charge in [-0.05, 0) is 48.4 Å². The first-order valence-corrected chi connectivity index (χ1v) is 9.02. The Morgan fingerprint density at radius 2 is 1.88 bits per heavy atom. The third-order valence-corrected chi connectivity index (χ3v) is 5.28. The van der Waals surface area contributed by atoms with Gasteiger partial charge in [-0.3, -0.25) is 14.7 Å². The lowest BCUT2D eigenvalue weighted by Crippen LogP contribution is -2.39. The molecule has 1 aliphatic rings. The van der Waals surface area contributed by atoms with E-state index in [1.807, 2.05) is 12.3 Å². The van der Waals surface area contributed by atoms with Crippen LogP contribution in [-0.2, 0) is 4.79 Å². The van der Waals surface area contributed by atoms with Crippen molar-refractivity contribution in [2.24, 2.45) is 0 Å². The van der Waals surface area contributed by atoms with Crippen molar-refractivity contribution in [3.63, 3.8) is 0 Å². The van der Waals surface area contributed by atoms with Gasteiger partial charge >= 0.3 is 5.97 Å². The van der Waals surface area contributed by atoms with E-state index in [-0.39, 0.29) is 6.04 Å². The van der Waals surface area contributed by atoms with Gasteiger partial charge in [-0.1, -0.05) is 42.0 Å². The van der Waals surface area contributed by atoms with E-state index < -0.39 is 12.0 Å². The van der Waals surface area contributed by atoms with Crippen LogP contribution in [0.25, 0.3) is 10.8 Å². The molecule has 1 aromatic heterocycles. The third-order valence-electron chi connectivity index (χ3n) is 5.28. The fourth-order valence-corrected chi connectivity index (χ4v) is 3.96. The second-order valence-electron chi connectivity index (χ2n) is 7.03. The zero-order chi connectivity index (χ0) is 18.1. The summed E-state index contributed by atoms with van der Waals surface area (Å²) in [5.41, 5.74) is 3.46. The van der Waals surface area contributed by atoms with Crippen LogP contribution in [-0.4, -0.2) is 33.5 Å². The number of hydrogen-bond donors (Lipinski definition) is 1. The van der Waals surface area contributed by atoms with Gasteiger partial charge in [0.25, 0.3) is 0 Å². The normalized spacial score (nSPS) is 18.9. The number of benzene rings is 2. The van der Waals surface area contributed by atoms with Crippen molar-refractivity contribution in [1.82, 2.24) is 9.88 Å². The number of carbonyl (C=O) groups is 1. The van der Waals surface area contributed by atoms with Crippen LogP contribution in [0.3, 0.4) is 0 Å². The number of aromatic nitrogens is 1.